The molecule has 0 fully saturated rings. The van der Waals surface area contributed by atoms with E-state index in [1.807, 2.05) is 24.0 Å². The summed E-state index contributed by atoms with van der Waals surface area (Å²) in [4.78, 5) is 11.8. The fraction of sp³-hybridized carbons (Fsp3) is 0.429. The summed E-state index contributed by atoms with van der Waals surface area (Å²) >= 11 is 0. The highest BCUT2D eigenvalue weighted by Crippen LogP contribution is 2.31. The van der Waals surface area contributed by atoms with Crippen molar-refractivity contribution >= 4 is 0 Å². The fourth-order valence-electron chi connectivity index (χ4n) is 2.50. The molecule has 0 saturated carbocycles. The quantitative estimate of drug-likeness (QED) is 0.897. The molecule has 0 amide bonds. The van der Waals surface area contributed by atoms with Gasteiger partial charge >= 0.3 is 0 Å². The lowest BCUT2D eigenvalue weighted by atomic mass is 10.1. The van der Waals surface area contributed by atoms with Gasteiger partial charge in [0.1, 0.15) is 5.75 Å². The number of nitrogens with one attached hydrogen (secondary N) is 1. The van der Waals surface area contributed by atoms with E-state index in [0.29, 0.717) is 12.4 Å². The van der Waals surface area contributed by atoms with Gasteiger partial charge in [0.05, 0.1) is 25.0 Å². The first kappa shape index (κ1) is 12.9. The highest BCUT2D eigenvalue weighted by atomic mass is 16.5. The number of nitrogens with zero attached hydrogens (tertiary/aromatic N) is 3. The summed E-state index contributed by atoms with van der Waals surface area (Å²) in [6.45, 7) is 5.02. The third-order valence-electron chi connectivity index (χ3n) is 3.52. The van der Waals surface area contributed by atoms with Gasteiger partial charge in [0.15, 0.2) is 0 Å². The van der Waals surface area contributed by atoms with E-state index in [1.165, 1.54) is 0 Å². The van der Waals surface area contributed by atoms with Gasteiger partial charge in [-0.2, -0.15) is 5.10 Å². The van der Waals surface area contributed by atoms with E-state index in [0.717, 1.165) is 36.5 Å². The van der Waals surface area contributed by atoms with Gasteiger partial charge in [0, 0.05) is 43.5 Å². The second-order valence-corrected chi connectivity index (χ2v) is 4.84. The molecule has 0 aliphatic carbocycles. The molecule has 3 heterocycles. The second-order valence-electron chi connectivity index (χ2n) is 4.84. The van der Waals surface area contributed by atoms with E-state index < -0.39 is 0 Å². The molecule has 0 atom stereocenters. The van der Waals surface area contributed by atoms with Gasteiger partial charge in [-0.1, -0.05) is 0 Å². The summed E-state index contributed by atoms with van der Waals surface area (Å²) in [6, 6.07) is 1.54. The Hall–Kier alpha value is -2.08. The van der Waals surface area contributed by atoms with Crippen molar-refractivity contribution < 1.29 is 4.74 Å². The molecule has 106 valence electrons. The first-order chi connectivity index (χ1) is 9.70. The van der Waals surface area contributed by atoms with E-state index >= 15 is 0 Å². The summed E-state index contributed by atoms with van der Waals surface area (Å²) in [5.41, 5.74) is 3.00. The van der Waals surface area contributed by atoms with Crippen LogP contribution in [0.15, 0.2) is 23.3 Å². The van der Waals surface area contributed by atoms with Gasteiger partial charge in [-0.3, -0.25) is 9.48 Å². The first-order valence-electron chi connectivity index (χ1n) is 6.80. The number of fused-ring (bicyclic) bond motifs is 1. The Balaban J connectivity index is 2.16. The zero-order chi connectivity index (χ0) is 14.1. The Kier molecular flexibility index (Phi) is 3.31. The maximum absolute atomic E-state index is 11.8. The van der Waals surface area contributed by atoms with Crippen molar-refractivity contribution in [2.75, 3.05) is 13.2 Å². The first-order valence-corrected chi connectivity index (χ1v) is 6.80. The molecular formula is C14H18N4O2. The zero-order valence-electron chi connectivity index (χ0n) is 11.7. The van der Waals surface area contributed by atoms with Crippen molar-refractivity contribution in [1.29, 1.82) is 0 Å². The molecule has 0 saturated heterocycles. The number of ether oxygens (including phenoxy) is 1. The van der Waals surface area contributed by atoms with Crippen LogP contribution < -0.4 is 15.6 Å². The van der Waals surface area contributed by atoms with Crippen LogP contribution in [0, 0.1) is 0 Å². The monoisotopic (exact) mass is 274 g/mol. The third kappa shape index (κ3) is 2.12. The molecule has 0 spiro atoms. The predicted octanol–water partition coefficient (Wildman–Crippen LogP) is 0.751. The molecule has 3 rings (SSSR count). The third-order valence-corrected chi connectivity index (χ3v) is 3.52. The van der Waals surface area contributed by atoms with E-state index in [9.17, 15) is 4.79 Å². The van der Waals surface area contributed by atoms with Gasteiger partial charge in [-0.25, -0.2) is 0 Å². The van der Waals surface area contributed by atoms with Crippen LogP contribution in [0.25, 0.3) is 11.1 Å². The van der Waals surface area contributed by atoms with Crippen LogP contribution in [0.5, 0.6) is 5.75 Å². The Morgan fingerprint density at radius 1 is 1.45 bits per heavy atom. The van der Waals surface area contributed by atoms with Crippen LogP contribution >= 0.6 is 0 Å². The predicted molar refractivity (Wildman–Crippen MR) is 75.8 cm³/mol. The Morgan fingerprint density at radius 2 is 2.30 bits per heavy atom. The Morgan fingerprint density at radius 3 is 3.10 bits per heavy atom. The second kappa shape index (κ2) is 5.13. The Bertz CT molecular complexity index is 687. The van der Waals surface area contributed by atoms with E-state index in [-0.39, 0.29) is 5.56 Å². The van der Waals surface area contributed by atoms with Crippen LogP contribution in [0.2, 0.25) is 0 Å². The van der Waals surface area contributed by atoms with Crippen LogP contribution in [-0.4, -0.2) is 27.5 Å². The van der Waals surface area contributed by atoms with Crippen molar-refractivity contribution in [2.45, 2.75) is 20.0 Å². The summed E-state index contributed by atoms with van der Waals surface area (Å²) in [5, 5.41) is 7.76. The fourth-order valence-corrected chi connectivity index (χ4v) is 2.50. The minimum atomic E-state index is -0.0728. The molecule has 6 heteroatoms. The number of aromatic nitrogens is 3. The number of hydrogen-bond donors (Lipinski definition) is 1. The largest absolute Gasteiger partial charge is 0.493 e. The van der Waals surface area contributed by atoms with Crippen LogP contribution in [0.3, 0.4) is 0 Å². The van der Waals surface area contributed by atoms with Gasteiger partial charge in [0.2, 0.25) is 0 Å². The van der Waals surface area contributed by atoms with Crippen molar-refractivity contribution in [2.24, 2.45) is 7.05 Å². The number of hydrogen-bond acceptors (Lipinski definition) is 4. The summed E-state index contributed by atoms with van der Waals surface area (Å²) in [7, 11) is 1.75. The van der Waals surface area contributed by atoms with Gasteiger partial charge in [-0.05, 0) is 6.92 Å². The van der Waals surface area contributed by atoms with Crippen molar-refractivity contribution in [1.82, 2.24) is 19.7 Å². The molecule has 6 nitrogen and oxygen atoms in total. The molecule has 20 heavy (non-hydrogen) atoms. The van der Waals surface area contributed by atoms with Gasteiger partial charge in [-0.15, -0.1) is 0 Å². The average molecular weight is 274 g/mol. The molecule has 2 aromatic rings. The minimum absolute atomic E-state index is 0.0728. The summed E-state index contributed by atoms with van der Waals surface area (Å²) < 4.78 is 9.19. The van der Waals surface area contributed by atoms with Crippen LogP contribution in [-0.2, 0) is 20.1 Å². The molecule has 0 bridgehead atoms. The average Bonchev–Trinajstić information content (AvgIpc) is 2.87. The van der Waals surface area contributed by atoms with E-state index in [2.05, 4.69) is 10.4 Å². The Labute approximate surface area is 117 Å². The highest BCUT2D eigenvalue weighted by molar-refractivity contribution is 5.71. The lowest BCUT2D eigenvalue weighted by Gasteiger charge is -2.17. The van der Waals surface area contributed by atoms with Crippen molar-refractivity contribution in [3.63, 3.8) is 0 Å². The summed E-state index contributed by atoms with van der Waals surface area (Å²) in [5.74, 6) is 0.622. The molecular weight excluding hydrogens is 256 g/mol. The lowest BCUT2D eigenvalue weighted by Crippen LogP contribution is -2.28. The molecule has 1 aliphatic rings. The van der Waals surface area contributed by atoms with E-state index in [1.54, 1.807) is 17.7 Å². The minimum Gasteiger partial charge on any atom is -0.493 e. The van der Waals surface area contributed by atoms with E-state index in [4.69, 9.17) is 4.74 Å². The maximum Gasteiger partial charge on any atom is 0.254 e. The molecule has 2 aromatic heterocycles. The van der Waals surface area contributed by atoms with Crippen molar-refractivity contribution in [3.05, 3.63) is 34.5 Å². The normalized spacial score (nSPS) is 14.1. The molecule has 0 aromatic carbocycles. The van der Waals surface area contributed by atoms with Gasteiger partial charge < -0.3 is 14.6 Å². The molecule has 1 N–H and O–H groups in total. The highest BCUT2D eigenvalue weighted by Gasteiger charge is 2.19. The number of aryl methyl sites for hydroxylation is 1. The van der Waals surface area contributed by atoms with Crippen LogP contribution in [0.1, 0.15) is 12.6 Å². The standard InChI is InChI=1S/C14H18N4O2/c1-3-20-13-6-14(19)17(2)9-11(13)10-7-16-18-5-4-15-8-12(10)18/h6-7,9,15H,3-5,8H2,1-2H3. The molecule has 0 radical (unpaired) electrons. The molecule has 0 unspecified atom stereocenters. The SMILES string of the molecule is CCOc1cc(=O)n(C)cc1-c1cnn2c1CNCC2. The van der Waals surface area contributed by atoms with Crippen LogP contribution in [0.4, 0.5) is 0 Å². The maximum atomic E-state index is 11.8. The smallest absolute Gasteiger partial charge is 0.254 e. The number of pyridine rings is 1. The molecule has 1 aliphatic heterocycles. The number of rotatable bonds is 3. The van der Waals surface area contributed by atoms with Crippen molar-refractivity contribution in [3.8, 4) is 16.9 Å². The summed E-state index contributed by atoms with van der Waals surface area (Å²) in [6.07, 6.45) is 3.67. The zero-order valence-corrected chi connectivity index (χ0v) is 11.7. The topological polar surface area (TPSA) is 61.1 Å². The lowest BCUT2D eigenvalue weighted by molar-refractivity contribution is 0.340. The van der Waals surface area contributed by atoms with Gasteiger partial charge in [0.25, 0.3) is 5.56 Å².